The molecule has 0 aliphatic rings. The van der Waals surface area contributed by atoms with Gasteiger partial charge in [0.05, 0.1) is 0 Å². The molecule has 1 rings (SSSR count). The normalized spacial score (nSPS) is 15.6. The summed E-state index contributed by atoms with van der Waals surface area (Å²) in [6, 6.07) is 0. The molecule has 1 aromatic rings. The van der Waals surface area contributed by atoms with Crippen molar-refractivity contribution >= 4 is 118 Å². The first-order chi connectivity index (χ1) is 17.8. The molecule has 0 spiro atoms. The molecule has 0 fully saturated rings. The SMILES string of the molecule is CCCCc1c(CCCC)c(CC(C)[SiH](Cl)Cl)c(CC(C)[SiH](Cl)Cl)c(CC(C)[SiH](Cl)Cl)c1CC(C)[SiH](Cl)Cl. The lowest BCUT2D eigenvalue weighted by Gasteiger charge is -2.32. The minimum atomic E-state index is -1.89. The van der Waals surface area contributed by atoms with Gasteiger partial charge in [-0.3, -0.25) is 0 Å². The summed E-state index contributed by atoms with van der Waals surface area (Å²) >= 11 is 52.7. The van der Waals surface area contributed by atoms with Gasteiger partial charge >= 0.3 is 0 Å². The van der Waals surface area contributed by atoms with Crippen molar-refractivity contribution in [3.8, 4) is 0 Å². The predicted molar refractivity (Wildman–Crippen MR) is 192 cm³/mol. The van der Waals surface area contributed by atoms with Crippen LogP contribution in [0.1, 0.15) is 101 Å². The van der Waals surface area contributed by atoms with Crippen molar-refractivity contribution in [1.82, 2.24) is 0 Å². The lowest BCUT2D eigenvalue weighted by atomic mass is 9.78. The van der Waals surface area contributed by atoms with Crippen molar-refractivity contribution in [1.29, 1.82) is 0 Å². The Hall–Kier alpha value is 2.41. The van der Waals surface area contributed by atoms with Crippen LogP contribution >= 0.6 is 88.6 Å². The van der Waals surface area contributed by atoms with Crippen LogP contribution in [0.25, 0.3) is 0 Å². The van der Waals surface area contributed by atoms with E-state index >= 15 is 0 Å². The number of benzene rings is 1. The Labute approximate surface area is 277 Å². The molecule has 12 heteroatoms. The fourth-order valence-corrected chi connectivity index (χ4v) is 8.83. The zero-order chi connectivity index (χ0) is 29.2. The first-order valence-electron chi connectivity index (χ1n) is 14.1. The standard InChI is InChI=1S/C26H46Cl8Si4/c1-7-9-11-21-22(12-10-8-2)24(14-18(4)36(29)30)26(16-20(6)38(33)34)25(15-19(5)37(31)32)23(21)13-17(3)35(27)28/h17-20,35-38H,7-16H2,1-6H3. The van der Waals surface area contributed by atoms with Gasteiger partial charge in [-0.25, -0.2) is 0 Å². The molecule has 0 nitrogen and oxygen atoms in total. The molecule has 0 aliphatic heterocycles. The quantitative estimate of drug-likeness (QED) is 0.103. The first kappa shape index (κ1) is 38.4. The molecule has 0 saturated carbocycles. The highest BCUT2D eigenvalue weighted by molar-refractivity contribution is 7.35. The van der Waals surface area contributed by atoms with Crippen molar-refractivity contribution in [2.24, 2.45) is 0 Å². The largest absolute Gasteiger partial charge is 0.240 e. The van der Waals surface area contributed by atoms with E-state index in [-0.39, 0.29) is 22.2 Å². The van der Waals surface area contributed by atoms with E-state index in [9.17, 15) is 0 Å². The first-order valence-corrected chi connectivity index (χ1v) is 30.7. The van der Waals surface area contributed by atoms with Gasteiger partial charge in [0.25, 0.3) is 0 Å². The Balaban J connectivity index is 4.19. The van der Waals surface area contributed by atoms with Crippen LogP contribution in [0.4, 0.5) is 0 Å². The highest BCUT2D eigenvalue weighted by Gasteiger charge is 2.31. The lowest BCUT2D eigenvalue weighted by molar-refractivity contribution is 0.714. The topological polar surface area (TPSA) is 0 Å². The van der Waals surface area contributed by atoms with Gasteiger partial charge in [-0.15, -0.1) is 0 Å². The van der Waals surface area contributed by atoms with E-state index in [1.807, 2.05) is 0 Å². The maximum atomic E-state index is 6.59. The number of rotatable bonds is 18. The zero-order valence-electron chi connectivity index (χ0n) is 23.7. The van der Waals surface area contributed by atoms with Crippen LogP contribution in [0.15, 0.2) is 0 Å². The summed E-state index contributed by atoms with van der Waals surface area (Å²) in [5.41, 5.74) is 9.67. The van der Waals surface area contributed by atoms with Gasteiger partial charge in [0, 0.05) is 0 Å². The molecule has 222 valence electrons. The molecule has 0 bridgehead atoms. The molecule has 0 aromatic heterocycles. The molecule has 0 heterocycles. The van der Waals surface area contributed by atoms with Gasteiger partial charge in [0.2, 0.25) is 29.7 Å². The van der Waals surface area contributed by atoms with E-state index in [0.29, 0.717) is 0 Å². The molecule has 4 unspecified atom stereocenters. The van der Waals surface area contributed by atoms with Crippen LogP contribution in [-0.2, 0) is 38.5 Å². The summed E-state index contributed by atoms with van der Waals surface area (Å²) < 4.78 is 0. The Bertz CT molecular complexity index is 771. The lowest BCUT2D eigenvalue weighted by Crippen LogP contribution is -2.22. The second-order valence-corrected chi connectivity index (χ2v) is 32.3. The Morgan fingerprint density at radius 3 is 0.816 bits per heavy atom. The minimum absolute atomic E-state index is 0.232. The molecular weight excluding hydrogens is 708 g/mol. The van der Waals surface area contributed by atoms with Crippen molar-refractivity contribution in [2.75, 3.05) is 0 Å². The zero-order valence-corrected chi connectivity index (χ0v) is 34.4. The predicted octanol–water partition coefficient (Wildman–Crippen LogP) is 10.9. The van der Waals surface area contributed by atoms with Crippen molar-refractivity contribution in [2.45, 2.75) is 128 Å². The van der Waals surface area contributed by atoms with E-state index < -0.39 is 29.7 Å². The van der Waals surface area contributed by atoms with Gasteiger partial charge < -0.3 is 0 Å². The number of halogens is 8. The number of unbranched alkanes of at least 4 members (excludes halogenated alkanes) is 2. The molecule has 4 atom stereocenters. The average Bonchev–Trinajstić information content (AvgIpc) is 2.84. The molecular formula is C26H46Cl8Si4. The number of hydrogen-bond acceptors (Lipinski definition) is 0. The molecule has 0 saturated heterocycles. The summed E-state index contributed by atoms with van der Waals surface area (Å²) in [6.45, 7) is 13.3. The van der Waals surface area contributed by atoms with Crippen LogP contribution in [0.3, 0.4) is 0 Å². The fourth-order valence-electron chi connectivity index (χ4n) is 5.03. The maximum Gasteiger partial charge on any atom is 0.240 e. The second kappa shape index (κ2) is 19.6. The minimum Gasteiger partial charge on any atom is -0.150 e. The molecule has 38 heavy (non-hydrogen) atoms. The summed E-state index contributed by atoms with van der Waals surface area (Å²) in [6.07, 6.45) is 10.2. The van der Waals surface area contributed by atoms with Gasteiger partial charge in [0.1, 0.15) is 0 Å². The van der Waals surface area contributed by atoms with Crippen molar-refractivity contribution in [3.05, 3.63) is 33.4 Å². The Kier molecular flexibility index (Phi) is 19.9. The van der Waals surface area contributed by atoms with E-state index in [2.05, 4.69) is 41.5 Å². The summed E-state index contributed by atoms with van der Waals surface area (Å²) in [7, 11) is -7.53. The molecule has 0 radical (unpaired) electrons. The summed E-state index contributed by atoms with van der Waals surface area (Å²) in [4.78, 5) is 0. The van der Waals surface area contributed by atoms with Crippen molar-refractivity contribution in [3.63, 3.8) is 0 Å². The average molecular weight is 755 g/mol. The number of hydrogen-bond donors (Lipinski definition) is 0. The second-order valence-electron chi connectivity index (χ2n) is 11.1. The van der Waals surface area contributed by atoms with Gasteiger partial charge in [-0.2, -0.15) is 88.6 Å². The molecule has 0 amide bonds. The van der Waals surface area contributed by atoms with Crippen molar-refractivity contribution < 1.29 is 0 Å². The summed E-state index contributed by atoms with van der Waals surface area (Å²) in [5, 5.41) is 0. The fraction of sp³-hybridized carbons (Fsp3) is 0.769. The van der Waals surface area contributed by atoms with Crippen LogP contribution in [-0.4, -0.2) is 29.7 Å². The van der Waals surface area contributed by atoms with E-state index in [4.69, 9.17) is 88.6 Å². The van der Waals surface area contributed by atoms with Gasteiger partial charge in [0.15, 0.2) is 0 Å². The smallest absolute Gasteiger partial charge is 0.150 e. The third-order valence-corrected chi connectivity index (χ3v) is 22.3. The van der Waals surface area contributed by atoms with E-state index in [1.54, 1.807) is 0 Å². The van der Waals surface area contributed by atoms with E-state index in [1.165, 1.54) is 33.4 Å². The highest BCUT2D eigenvalue weighted by Crippen LogP contribution is 2.41. The third kappa shape index (κ3) is 12.2. The van der Waals surface area contributed by atoms with Gasteiger partial charge in [-0.05, 0) is 107 Å². The molecule has 0 aliphatic carbocycles. The van der Waals surface area contributed by atoms with E-state index in [0.717, 1.165) is 64.2 Å². The molecule has 1 aromatic carbocycles. The molecule has 0 N–H and O–H groups in total. The van der Waals surface area contributed by atoms with Gasteiger partial charge in [-0.1, -0.05) is 54.4 Å². The van der Waals surface area contributed by atoms with Crippen LogP contribution in [0.5, 0.6) is 0 Å². The monoisotopic (exact) mass is 750 g/mol. The third-order valence-electron chi connectivity index (χ3n) is 7.57. The van der Waals surface area contributed by atoms with Crippen LogP contribution in [0, 0.1) is 0 Å². The summed E-state index contributed by atoms with van der Waals surface area (Å²) in [5.74, 6) is 0. The highest BCUT2D eigenvalue weighted by atomic mass is 35.7. The Morgan fingerprint density at radius 2 is 0.632 bits per heavy atom. The Morgan fingerprint density at radius 1 is 0.421 bits per heavy atom. The maximum absolute atomic E-state index is 6.59. The van der Waals surface area contributed by atoms with Crippen LogP contribution < -0.4 is 0 Å². The van der Waals surface area contributed by atoms with Crippen LogP contribution in [0.2, 0.25) is 22.2 Å².